The van der Waals surface area contributed by atoms with Gasteiger partial charge in [0.25, 0.3) is 10.0 Å². The second-order valence-corrected chi connectivity index (χ2v) is 19.4. The van der Waals surface area contributed by atoms with Crippen LogP contribution in [0.25, 0.3) is 44.8 Å². The molecule has 320 valence electrons. The van der Waals surface area contributed by atoms with Crippen LogP contribution < -0.4 is 14.9 Å². The Bertz CT molecular complexity index is 2580. The van der Waals surface area contributed by atoms with Crippen LogP contribution in [0, 0.1) is 13.8 Å². The molecule has 0 aliphatic carbocycles. The van der Waals surface area contributed by atoms with Crippen molar-refractivity contribution in [2.75, 3.05) is 47.2 Å². The highest BCUT2D eigenvalue weighted by atomic mass is 79.9. The quantitative estimate of drug-likeness (QED) is 0.141. The van der Waals surface area contributed by atoms with E-state index >= 15 is 0 Å². The van der Waals surface area contributed by atoms with Gasteiger partial charge in [0.05, 0.1) is 20.9 Å². The monoisotopic (exact) mass is 922 g/mol. The molecule has 0 unspecified atom stereocenters. The van der Waals surface area contributed by atoms with Crippen molar-refractivity contribution in [3.63, 3.8) is 0 Å². The summed E-state index contributed by atoms with van der Waals surface area (Å²) in [7, 11) is 2.77. The molecule has 0 aliphatic heterocycles. The lowest BCUT2D eigenvalue weighted by Gasteiger charge is -2.24. The number of carbonyl (C=O) groups is 1. The number of rotatable bonds is 9. The molecule has 6 aromatic rings. The van der Waals surface area contributed by atoms with Gasteiger partial charge in [-0.3, -0.25) is 0 Å². The van der Waals surface area contributed by atoms with Gasteiger partial charge in [-0.15, -0.1) is 0 Å². The number of hydrogen-bond donors (Lipinski definition) is 2. The molecule has 2 heterocycles. The van der Waals surface area contributed by atoms with E-state index in [1.165, 1.54) is 26.2 Å². The second kappa shape index (κ2) is 19.8. The number of carbonyl (C=O) groups excluding carboxylic acids is 1. The van der Waals surface area contributed by atoms with Crippen LogP contribution in [0.15, 0.2) is 120 Å². The van der Waals surface area contributed by atoms with Crippen molar-refractivity contribution in [1.82, 2.24) is 24.7 Å². The van der Waals surface area contributed by atoms with Crippen molar-refractivity contribution in [2.45, 2.75) is 50.0 Å². The number of nitrogens with one attached hydrogen (secondary N) is 2. The zero-order valence-electron chi connectivity index (χ0n) is 35.5. The number of benzene rings is 4. The van der Waals surface area contributed by atoms with Gasteiger partial charge in [-0.25, -0.2) is 30.7 Å². The molecule has 0 saturated carbocycles. The smallest absolute Gasteiger partial charge is 0.424 e. The molecule has 2 N–H and O–H groups in total. The first-order chi connectivity index (χ1) is 28.1. The molecular formula is C43H51BrN6O8S2. The SMILES string of the molecule is CNC.CNS(=O)(=O)c1ccc(-c2c(-c3ccc(N(C)C)cc3)noc2C)cc1.Cc1onc(-c2ccc(Br)cc2)c1-c1ccc(S(=O)(=O)N(C)C(=O)OC(C)(C)C)cc1. The predicted octanol–water partition coefficient (Wildman–Crippen LogP) is 8.76. The summed E-state index contributed by atoms with van der Waals surface area (Å²) >= 11 is 3.41. The van der Waals surface area contributed by atoms with Gasteiger partial charge < -0.3 is 24.0 Å². The lowest BCUT2D eigenvalue weighted by Crippen LogP contribution is -2.38. The number of anilines is 1. The van der Waals surface area contributed by atoms with E-state index in [-0.39, 0.29) is 9.79 Å². The molecule has 0 atom stereocenters. The van der Waals surface area contributed by atoms with Gasteiger partial charge in [-0.2, -0.15) is 0 Å². The van der Waals surface area contributed by atoms with Crippen LogP contribution >= 0.6 is 15.9 Å². The Morgan fingerprint density at radius 3 is 1.42 bits per heavy atom. The van der Waals surface area contributed by atoms with Gasteiger partial charge in [0.2, 0.25) is 10.0 Å². The van der Waals surface area contributed by atoms with E-state index in [1.54, 1.807) is 64.1 Å². The molecule has 6 rings (SSSR count). The van der Waals surface area contributed by atoms with Crippen LogP contribution in [0.4, 0.5) is 10.5 Å². The fourth-order valence-corrected chi connectivity index (χ4v) is 7.66. The molecule has 0 saturated heterocycles. The summed E-state index contributed by atoms with van der Waals surface area (Å²) in [6.45, 7) is 8.66. The minimum atomic E-state index is -4.06. The third kappa shape index (κ3) is 11.5. The molecule has 0 aliphatic rings. The maximum atomic E-state index is 12.8. The molecule has 1 amide bonds. The van der Waals surface area contributed by atoms with Crippen molar-refractivity contribution in [3.05, 3.63) is 113 Å². The molecule has 0 bridgehead atoms. The van der Waals surface area contributed by atoms with Crippen LogP contribution in [0.2, 0.25) is 0 Å². The number of sulfonamides is 2. The summed E-state index contributed by atoms with van der Waals surface area (Å²) in [4.78, 5) is 14.4. The fraction of sp³-hybridized carbons (Fsp3) is 0.279. The molecule has 0 spiro atoms. The third-order valence-corrected chi connectivity index (χ3v) is 12.4. The molecular weight excluding hydrogens is 873 g/mol. The summed E-state index contributed by atoms with van der Waals surface area (Å²) in [5.41, 5.74) is 6.72. The van der Waals surface area contributed by atoms with Crippen molar-refractivity contribution in [3.8, 4) is 44.8 Å². The first-order valence-corrected chi connectivity index (χ1v) is 22.3. The van der Waals surface area contributed by atoms with E-state index in [4.69, 9.17) is 13.8 Å². The van der Waals surface area contributed by atoms with Gasteiger partial charge in [0.1, 0.15) is 28.5 Å². The van der Waals surface area contributed by atoms with E-state index in [0.29, 0.717) is 21.5 Å². The number of hydrogen-bond acceptors (Lipinski definition) is 12. The number of nitrogens with zero attached hydrogens (tertiary/aromatic N) is 4. The summed E-state index contributed by atoms with van der Waals surface area (Å²) in [6, 6.07) is 28.6. The fourth-order valence-electron chi connectivity index (χ4n) is 5.64. The summed E-state index contributed by atoms with van der Waals surface area (Å²) in [5.74, 6) is 1.29. The highest BCUT2D eigenvalue weighted by molar-refractivity contribution is 9.10. The van der Waals surface area contributed by atoms with Crippen LogP contribution in [0.1, 0.15) is 32.3 Å². The predicted molar refractivity (Wildman–Crippen MR) is 239 cm³/mol. The number of ether oxygens (including phenoxy) is 1. The Labute approximate surface area is 361 Å². The van der Waals surface area contributed by atoms with Crippen LogP contribution in [-0.4, -0.2) is 85.4 Å². The Morgan fingerprint density at radius 1 is 0.650 bits per heavy atom. The highest BCUT2D eigenvalue weighted by Crippen LogP contribution is 2.37. The Hall–Kier alpha value is -5.33. The van der Waals surface area contributed by atoms with Crippen LogP contribution in [-0.2, 0) is 24.8 Å². The normalized spacial score (nSPS) is 11.5. The highest BCUT2D eigenvalue weighted by Gasteiger charge is 2.30. The minimum absolute atomic E-state index is 0.0242. The molecule has 0 fully saturated rings. The largest absolute Gasteiger partial charge is 0.443 e. The van der Waals surface area contributed by atoms with E-state index in [0.717, 1.165) is 49.2 Å². The van der Waals surface area contributed by atoms with E-state index < -0.39 is 31.7 Å². The molecule has 60 heavy (non-hydrogen) atoms. The Balaban J connectivity index is 0.000000252. The second-order valence-electron chi connectivity index (χ2n) is 14.6. The van der Waals surface area contributed by atoms with Gasteiger partial charge >= 0.3 is 6.09 Å². The van der Waals surface area contributed by atoms with Crippen molar-refractivity contribution in [1.29, 1.82) is 0 Å². The lowest BCUT2D eigenvalue weighted by molar-refractivity contribution is 0.0420. The third-order valence-electron chi connectivity index (χ3n) is 8.67. The summed E-state index contributed by atoms with van der Waals surface area (Å²) in [6.07, 6.45) is -0.941. The first-order valence-electron chi connectivity index (χ1n) is 18.6. The zero-order chi connectivity index (χ0) is 44.6. The lowest BCUT2D eigenvalue weighted by atomic mass is 9.99. The maximum absolute atomic E-state index is 12.8. The van der Waals surface area contributed by atoms with Crippen LogP contribution in [0.5, 0.6) is 0 Å². The van der Waals surface area contributed by atoms with Gasteiger partial charge in [-0.1, -0.05) is 74.8 Å². The average molecular weight is 924 g/mol. The average Bonchev–Trinajstić information content (AvgIpc) is 3.79. The van der Waals surface area contributed by atoms with E-state index in [9.17, 15) is 21.6 Å². The molecule has 0 radical (unpaired) electrons. The molecule has 14 nitrogen and oxygen atoms in total. The Morgan fingerprint density at radius 2 is 1.03 bits per heavy atom. The standard InChI is InChI=1S/C22H23BrN2O5S.C19H21N3O3S.C2H7N/c1-14-19(20(24-30-14)16-6-10-17(23)11-7-16)15-8-12-18(13-9-15)31(27,28)25(5)21(26)29-22(2,3)4;1-13-18(14-7-11-17(12-8-14)26(23,24)20-2)19(21-25-13)15-5-9-16(10-6-15)22(3)4;1-3-2/h6-13H,1-5H3;5-12,20H,1-4H3;3H,1-2H3. The van der Waals surface area contributed by atoms with Gasteiger partial charge in [0, 0.05) is 42.4 Å². The zero-order valence-corrected chi connectivity index (χ0v) is 38.7. The van der Waals surface area contributed by atoms with E-state index in [2.05, 4.69) is 36.3 Å². The van der Waals surface area contributed by atoms with Crippen molar-refractivity contribution < 1.29 is 35.4 Å². The minimum Gasteiger partial charge on any atom is -0.443 e. The molecule has 17 heteroatoms. The topological polar surface area (TPSA) is 177 Å². The number of aromatic nitrogens is 2. The summed E-state index contributed by atoms with van der Waals surface area (Å²) < 4.78 is 69.3. The van der Waals surface area contributed by atoms with Crippen molar-refractivity contribution >= 4 is 47.8 Å². The van der Waals surface area contributed by atoms with E-state index in [1.807, 2.05) is 88.5 Å². The summed E-state index contributed by atoms with van der Waals surface area (Å²) in [5, 5.41) is 11.1. The number of aryl methyl sites for hydroxylation is 2. The molecule has 4 aromatic carbocycles. The first kappa shape index (κ1) is 47.3. The molecule has 2 aromatic heterocycles. The van der Waals surface area contributed by atoms with Gasteiger partial charge in [-0.05, 0) is 115 Å². The Kier molecular flexibility index (Phi) is 15.6. The van der Waals surface area contributed by atoms with Gasteiger partial charge in [0.15, 0.2) is 0 Å². The number of halogens is 1. The maximum Gasteiger partial charge on any atom is 0.424 e. The number of amides is 1. The van der Waals surface area contributed by atoms with Crippen LogP contribution in [0.3, 0.4) is 0 Å². The van der Waals surface area contributed by atoms with Crippen molar-refractivity contribution in [2.24, 2.45) is 0 Å².